The van der Waals surface area contributed by atoms with Crippen LogP contribution in [0.2, 0.25) is 0 Å². The molecule has 4 N–H and O–H groups in total. The Bertz CT molecular complexity index is 849. The standard InChI is InChI=1S/C19H22N4OS/c1-19(2,20)12-21-17(24)14-8-4-3-7-13(14)11-25-18-22-15-9-5-6-10-16(15)23-18/h3-10H,11-12,20H2,1-2H3,(H,21,24)(H,22,23). The van der Waals surface area contributed by atoms with Crippen LogP contribution in [0.5, 0.6) is 0 Å². The molecule has 0 bridgehead atoms. The van der Waals surface area contributed by atoms with Crippen molar-refractivity contribution in [2.45, 2.75) is 30.3 Å². The molecule has 0 saturated carbocycles. The van der Waals surface area contributed by atoms with Crippen molar-refractivity contribution in [2.75, 3.05) is 6.54 Å². The van der Waals surface area contributed by atoms with Gasteiger partial charge < -0.3 is 16.0 Å². The topological polar surface area (TPSA) is 83.8 Å². The highest BCUT2D eigenvalue weighted by Crippen LogP contribution is 2.24. The lowest BCUT2D eigenvalue weighted by Crippen LogP contribution is -2.45. The second-order valence-electron chi connectivity index (χ2n) is 6.68. The minimum absolute atomic E-state index is 0.0978. The largest absolute Gasteiger partial charge is 0.350 e. The number of H-pyrrole nitrogens is 1. The summed E-state index contributed by atoms with van der Waals surface area (Å²) in [5.41, 5.74) is 9.11. The molecule has 3 aromatic rings. The Morgan fingerprint density at radius 1 is 1.20 bits per heavy atom. The molecule has 0 saturated heterocycles. The molecule has 1 aromatic heterocycles. The molecule has 0 fully saturated rings. The number of aromatic amines is 1. The maximum Gasteiger partial charge on any atom is 0.251 e. The van der Waals surface area contributed by atoms with Gasteiger partial charge >= 0.3 is 0 Å². The molecule has 5 nitrogen and oxygen atoms in total. The number of amides is 1. The van der Waals surface area contributed by atoms with E-state index in [9.17, 15) is 4.79 Å². The number of thioether (sulfide) groups is 1. The van der Waals surface area contributed by atoms with Crippen LogP contribution in [-0.4, -0.2) is 28.0 Å². The first-order valence-corrected chi connectivity index (χ1v) is 9.13. The maximum absolute atomic E-state index is 12.5. The number of fused-ring (bicyclic) bond motifs is 1. The number of hydrogen-bond acceptors (Lipinski definition) is 4. The first-order chi connectivity index (χ1) is 11.9. The molecule has 2 aromatic carbocycles. The van der Waals surface area contributed by atoms with Gasteiger partial charge in [-0.25, -0.2) is 4.98 Å². The van der Waals surface area contributed by atoms with E-state index < -0.39 is 5.54 Å². The summed E-state index contributed by atoms with van der Waals surface area (Å²) in [5, 5.41) is 3.75. The van der Waals surface area contributed by atoms with Crippen molar-refractivity contribution in [3.63, 3.8) is 0 Å². The van der Waals surface area contributed by atoms with Crippen molar-refractivity contribution in [3.8, 4) is 0 Å². The van der Waals surface area contributed by atoms with Crippen molar-refractivity contribution in [1.82, 2.24) is 15.3 Å². The fourth-order valence-corrected chi connectivity index (χ4v) is 3.30. The van der Waals surface area contributed by atoms with Crippen LogP contribution in [-0.2, 0) is 5.75 Å². The normalized spacial score (nSPS) is 11.6. The molecule has 6 heteroatoms. The highest BCUT2D eigenvalue weighted by atomic mass is 32.2. The lowest BCUT2D eigenvalue weighted by molar-refractivity contribution is 0.0945. The van der Waals surface area contributed by atoms with Gasteiger partial charge in [-0.3, -0.25) is 4.79 Å². The van der Waals surface area contributed by atoms with Gasteiger partial charge in [0.1, 0.15) is 0 Å². The molecule has 0 aliphatic rings. The minimum atomic E-state index is -0.437. The number of benzene rings is 2. The van der Waals surface area contributed by atoms with E-state index in [-0.39, 0.29) is 5.91 Å². The average molecular weight is 354 g/mol. The predicted octanol–water partition coefficient (Wildman–Crippen LogP) is 3.32. The zero-order valence-electron chi connectivity index (χ0n) is 14.4. The van der Waals surface area contributed by atoms with E-state index in [1.807, 2.05) is 62.4 Å². The molecule has 0 atom stereocenters. The van der Waals surface area contributed by atoms with Crippen LogP contribution in [0.15, 0.2) is 53.7 Å². The summed E-state index contributed by atoms with van der Waals surface area (Å²) in [6.45, 7) is 4.20. The Balaban J connectivity index is 1.71. The number of hydrogen-bond donors (Lipinski definition) is 3. The van der Waals surface area contributed by atoms with Crippen LogP contribution in [0.4, 0.5) is 0 Å². The van der Waals surface area contributed by atoms with Crippen LogP contribution in [0, 0.1) is 0 Å². The molecule has 0 aliphatic carbocycles. The smallest absolute Gasteiger partial charge is 0.251 e. The molecular formula is C19H22N4OS. The third-order valence-corrected chi connectivity index (χ3v) is 4.62. The summed E-state index contributed by atoms with van der Waals surface area (Å²) in [6.07, 6.45) is 0. The number of carbonyl (C=O) groups is 1. The molecule has 25 heavy (non-hydrogen) atoms. The lowest BCUT2D eigenvalue weighted by Gasteiger charge is -2.19. The van der Waals surface area contributed by atoms with Gasteiger partial charge in [0, 0.05) is 23.4 Å². The van der Waals surface area contributed by atoms with Crippen LogP contribution in [0.1, 0.15) is 29.8 Å². The molecule has 0 unspecified atom stereocenters. The number of nitrogens with two attached hydrogens (primary N) is 1. The number of aromatic nitrogens is 2. The number of carbonyl (C=O) groups excluding carboxylic acids is 1. The van der Waals surface area contributed by atoms with Crippen molar-refractivity contribution < 1.29 is 4.79 Å². The second-order valence-corrected chi connectivity index (χ2v) is 7.64. The summed E-state index contributed by atoms with van der Waals surface area (Å²) in [4.78, 5) is 20.3. The summed E-state index contributed by atoms with van der Waals surface area (Å²) in [7, 11) is 0. The fourth-order valence-electron chi connectivity index (χ4n) is 2.41. The zero-order chi connectivity index (χ0) is 17.9. The van der Waals surface area contributed by atoms with E-state index in [4.69, 9.17) is 5.73 Å². The first kappa shape index (κ1) is 17.5. The number of imidazole rings is 1. The minimum Gasteiger partial charge on any atom is -0.350 e. The molecule has 1 amide bonds. The van der Waals surface area contributed by atoms with Crippen molar-refractivity contribution >= 4 is 28.7 Å². The lowest BCUT2D eigenvalue weighted by atomic mass is 10.1. The fraction of sp³-hybridized carbons (Fsp3) is 0.263. The monoisotopic (exact) mass is 354 g/mol. The van der Waals surface area contributed by atoms with Gasteiger partial charge in [-0.1, -0.05) is 42.1 Å². The third-order valence-electron chi connectivity index (χ3n) is 3.70. The van der Waals surface area contributed by atoms with Crippen LogP contribution in [0.3, 0.4) is 0 Å². The van der Waals surface area contributed by atoms with E-state index >= 15 is 0 Å². The average Bonchev–Trinajstić information content (AvgIpc) is 3.00. The number of rotatable bonds is 6. The second kappa shape index (κ2) is 7.29. The quantitative estimate of drug-likeness (QED) is 0.593. The number of para-hydroxylation sites is 2. The van der Waals surface area contributed by atoms with E-state index in [0.29, 0.717) is 17.9 Å². The Morgan fingerprint density at radius 2 is 1.92 bits per heavy atom. The number of nitrogens with one attached hydrogen (secondary N) is 2. The van der Waals surface area contributed by atoms with Gasteiger partial charge in [-0.2, -0.15) is 0 Å². The van der Waals surface area contributed by atoms with Crippen molar-refractivity contribution in [3.05, 3.63) is 59.7 Å². The Labute approximate surface area is 151 Å². The van der Waals surface area contributed by atoms with Crippen molar-refractivity contribution in [2.24, 2.45) is 5.73 Å². The molecule has 0 aliphatic heterocycles. The maximum atomic E-state index is 12.5. The SMILES string of the molecule is CC(C)(N)CNC(=O)c1ccccc1CSc1nc2ccccc2[nH]1. The van der Waals surface area contributed by atoms with Gasteiger partial charge in [0.2, 0.25) is 0 Å². The third kappa shape index (κ3) is 4.61. The Hall–Kier alpha value is -2.31. The summed E-state index contributed by atoms with van der Waals surface area (Å²) in [5.74, 6) is 0.564. The summed E-state index contributed by atoms with van der Waals surface area (Å²) >= 11 is 1.58. The van der Waals surface area contributed by atoms with Crippen LogP contribution >= 0.6 is 11.8 Å². The highest BCUT2D eigenvalue weighted by molar-refractivity contribution is 7.98. The zero-order valence-corrected chi connectivity index (χ0v) is 15.2. The first-order valence-electron chi connectivity index (χ1n) is 8.15. The predicted molar refractivity (Wildman–Crippen MR) is 103 cm³/mol. The van der Waals surface area contributed by atoms with Gasteiger partial charge in [-0.05, 0) is 37.6 Å². The molecule has 130 valence electrons. The Morgan fingerprint density at radius 3 is 2.68 bits per heavy atom. The van der Waals surface area contributed by atoms with Gasteiger partial charge in [0.05, 0.1) is 11.0 Å². The van der Waals surface area contributed by atoms with Crippen LogP contribution < -0.4 is 11.1 Å². The summed E-state index contributed by atoms with van der Waals surface area (Å²) in [6, 6.07) is 15.6. The Kier molecular flexibility index (Phi) is 5.11. The molecular weight excluding hydrogens is 332 g/mol. The molecule has 0 spiro atoms. The van der Waals surface area contributed by atoms with Crippen LogP contribution in [0.25, 0.3) is 11.0 Å². The van der Waals surface area contributed by atoms with E-state index in [1.54, 1.807) is 11.8 Å². The van der Waals surface area contributed by atoms with E-state index in [1.165, 1.54) is 0 Å². The highest BCUT2D eigenvalue weighted by Gasteiger charge is 2.16. The number of nitrogens with zero attached hydrogens (tertiary/aromatic N) is 1. The van der Waals surface area contributed by atoms with Crippen molar-refractivity contribution in [1.29, 1.82) is 0 Å². The van der Waals surface area contributed by atoms with Gasteiger partial charge in [0.25, 0.3) is 5.91 Å². The summed E-state index contributed by atoms with van der Waals surface area (Å²) < 4.78 is 0. The molecule has 1 heterocycles. The molecule has 0 radical (unpaired) electrons. The van der Waals surface area contributed by atoms with E-state index in [0.717, 1.165) is 21.8 Å². The van der Waals surface area contributed by atoms with E-state index in [2.05, 4.69) is 15.3 Å². The molecule has 3 rings (SSSR count). The van der Waals surface area contributed by atoms with Gasteiger partial charge in [0.15, 0.2) is 5.16 Å². The van der Waals surface area contributed by atoms with Gasteiger partial charge in [-0.15, -0.1) is 0 Å².